The molecule has 0 aromatic heterocycles. The summed E-state index contributed by atoms with van der Waals surface area (Å²) in [6.07, 6.45) is 0. The highest BCUT2D eigenvalue weighted by Crippen LogP contribution is 2.49. The molecule has 0 heterocycles. The number of hydrogen-bond donors (Lipinski definition) is 6. The summed E-state index contributed by atoms with van der Waals surface area (Å²) in [5, 5.41) is 60.3. The number of phenolic OH excluding ortho intramolecular Hbond substituents is 6. The van der Waals surface area contributed by atoms with Gasteiger partial charge in [0.2, 0.25) is 0 Å². The molecule has 6 heteroatoms. The van der Waals surface area contributed by atoms with Crippen molar-refractivity contribution in [1.29, 1.82) is 0 Å². The van der Waals surface area contributed by atoms with Gasteiger partial charge in [-0.2, -0.15) is 0 Å². The largest absolute Gasteiger partial charge is 0.508 e. The Labute approximate surface area is 162 Å². The van der Waals surface area contributed by atoms with Crippen molar-refractivity contribution in [1.82, 2.24) is 0 Å². The lowest BCUT2D eigenvalue weighted by Crippen LogP contribution is -2.27. The van der Waals surface area contributed by atoms with Crippen LogP contribution >= 0.6 is 0 Å². The number of phenols is 6. The van der Waals surface area contributed by atoms with Crippen molar-refractivity contribution in [2.24, 2.45) is 0 Å². The van der Waals surface area contributed by atoms with E-state index in [1.807, 2.05) is 0 Å². The first-order chi connectivity index (χ1) is 13.1. The molecular formula is C22H22O6. The molecule has 146 valence electrons. The summed E-state index contributed by atoms with van der Waals surface area (Å²) in [5.41, 5.74) is 1.72. The number of hydrogen-bond acceptors (Lipinski definition) is 6. The van der Waals surface area contributed by atoms with E-state index in [2.05, 4.69) is 0 Å². The molecule has 3 rings (SSSR count). The monoisotopic (exact) mass is 382 g/mol. The van der Waals surface area contributed by atoms with Gasteiger partial charge in [-0.05, 0) is 73.4 Å². The van der Waals surface area contributed by atoms with Crippen LogP contribution in [-0.2, 0) is 5.41 Å². The van der Waals surface area contributed by atoms with Gasteiger partial charge in [-0.1, -0.05) is 6.07 Å². The topological polar surface area (TPSA) is 121 Å². The zero-order chi connectivity index (χ0) is 20.8. The molecule has 6 nitrogen and oxygen atoms in total. The molecule has 0 bridgehead atoms. The molecule has 3 aromatic rings. The second-order valence-electron chi connectivity index (χ2n) is 7.14. The predicted octanol–water partition coefficient (Wildman–Crippen LogP) is 3.89. The highest BCUT2D eigenvalue weighted by Gasteiger charge is 2.37. The maximum Gasteiger partial charge on any atom is 0.157 e. The van der Waals surface area contributed by atoms with E-state index in [9.17, 15) is 30.6 Å². The summed E-state index contributed by atoms with van der Waals surface area (Å²) in [7, 11) is 0. The van der Waals surface area contributed by atoms with Crippen LogP contribution in [-0.4, -0.2) is 30.6 Å². The minimum atomic E-state index is -1.09. The Morgan fingerprint density at radius 1 is 0.536 bits per heavy atom. The molecule has 0 amide bonds. The average Bonchev–Trinajstić information content (AvgIpc) is 2.60. The summed E-state index contributed by atoms with van der Waals surface area (Å²) < 4.78 is 0. The third-order valence-electron chi connectivity index (χ3n) is 5.24. The van der Waals surface area contributed by atoms with Crippen LogP contribution in [0.5, 0.6) is 34.5 Å². The zero-order valence-electron chi connectivity index (χ0n) is 15.7. The number of rotatable bonds is 3. The highest BCUT2D eigenvalue weighted by atomic mass is 16.3. The molecule has 0 aliphatic carbocycles. The first-order valence-corrected chi connectivity index (χ1v) is 8.64. The van der Waals surface area contributed by atoms with Crippen molar-refractivity contribution < 1.29 is 30.6 Å². The second kappa shape index (κ2) is 6.56. The van der Waals surface area contributed by atoms with E-state index in [0.717, 1.165) is 0 Å². The van der Waals surface area contributed by atoms with Crippen molar-refractivity contribution in [2.45, 2.75) is 26.2 Å². The zero-order valence-corrected chi connectivity index (χ0v) is 15.7. The van der Waals surface area contributed by atoms with Crippen molar-refractivity contribution >= 4 is 0 Å². The minimum Gasteiger partial charge on any atom is -0.508 e. The van der Waals surface area contributed by atoms with Gasteiger partial charge < -0.3 is 30.6 Å². The molecule has 3 aromatic carbocycles. The van der Waals surface area contributed by atoms with E-state index in [-0.39, 0.29) is 34.5 Å². The Hall–Kier alpha value is -3.54. The summed E-state index contributed by atoms with van der Waals surface area (Å²) in [6.45, 7) is 5.29. The van der Waals surface area contributed by atoms with Gasteiger partial charge in [-0.15, -0.1) is 0 Å². The summed E-state index contributed by atoms with van der Waals surface area (Å²) >= 11 is 0. The van der Waals surface area contributed by atoms with E-state index in [1.54, 1.807) is 26.8 Å². The molecular weight excluding hydrogens is 360 g/mol. The van der Waals surface area contributed by atoms with Crippen molar-refractivity contribution in [3.63, 3.8) is 0 Å². The lowest BCUT2D eigenvalue weighted by molar-refractivity contribution is 0.399. The van der Waals surface area contributed by atoms with Crippen LogP contribution in [0.2, 0.25) is 0 Å². The fourth-order valence-electron chi connectivity index (χ4n) is 3.82. The van der Waals surface area contributed by atoms with Crippen molar-refractivity contribution in [2.75, 3.05) is 0 Å². The first kappa shape index (κ1) is 19.2. The molecule has 6 N–H and O–H groups in total. The van der Waals surface area contributed by atoms with Crippen LogP contribution in [0.3, 0.4) is 0 Å². The number of aromatic hydroxyl groups is 6. The van der Waals surface area contributed by atoms with Gasteiger partial charge in [-0.25, -0.2) is 0 Å². The minimum absolute atomic E-state index is 0.112. The fraction of sp³-hybridized carbons (Fsp3) is 0.182. The maximum atomic E-state index is 10.6. The van der Waals surface area contributed by atoms with E-state index >= 15 is 0 Å². The molecule has 0 aliphatic heterocycles. The molecule has 0 spiro atoms. The quantitative estimate of drug-likeness (QED) is 0.302. The van der Waals surface area contributed by atoms with Crippen LogP contribution < -0.4 is 0 Å². The van der Waals surface area contributed by atoms with E-state index in [1.165, 1.54) is 36.4 Å². The third kappa shape index (κ3) is 2.93. The Balaban J connectivity index is 2.45. The Kier molecular flexibility index (Phi) is 4.51. The standard InChI is InChI=1S/C22H22O6/c1-11-6-18(25)20(27)9-15(11)22(3,14-5-4-13(23)8-17(14)24)16-10-21(28)19(26)7-12(16)2/h4-10,23-28H,1-3H3. The Morgan fingerprint density at radius 3 is 1.39 bits per heavy atom. The molecule has 28 heavy (non-hydrogen) atoms. The SMILES string of the molecule is Cc1cc(O)c(O)cc1C(C)(c1cc(O)c(O)cc1C)c1ccc(O)cc1O. The van der Waals surface area contributed by atoms with Gasteiger partial charge in [0.15, 0.2) is 23.0 Å². The van der Waals surface area contributed by atoms with Crippen LogP contribution in [0.15, 0.2) is 42.5 Å². The molecule has 0 radical (unpaired) electrons. The smallest absolute Gasteiger partial charge is 0.157 e. The number of benzene rings is 3. The van der Waals surface area contributed by atoms with Gasteiger partial charge in [-0.3, -0.25) is 0 Å². The molecule has 0 saturated carbocycles. The van der Waals surface area contributed by atoms with Crippen LogP contribution in [0.1, 0.15) is 34.7 Å². The molecule has 0 unspecified atom stereocenters. The highest BCUT2D eigenvalue weighted by molar-refractivity contribution is 5.63. The van der Waals surface area contributed by atoms with Gasteiger partial charge in [0.1, 0.15) is 11.5 Å². The number of aryl methyl sites for hydroxylation is 2. The fourth-order valence-corrected chi connectivity index (χ4v) is 3.82. The van der Waals surface area contributed by atoms with E-state index < -0.39 is 5.41 Å². The van der Waals surface area contributed by atoms with Gasteiger partial charge in [0, 0.05) is 17.0 Å². The van der Waals surface area contributed by atoms with Crippen LogP contribution in [0, 0.1) is 13.8 Å². The molecule has 0 atom stereocenters. The first-order valence-electron chi connectivity index (χ1n) is 8.64. The van der Waals surface area contributed by atoms with E-state index in [4.69, 9.17) is 0 Å². The molecule has 0 aliphatic rings. The van der Waals surface area contributed by atoms with Gasteiger partial charge >= 0.3 is 0 Å². The average molecular weight is 382 g/mol. The van der Waals surface area contributed by atoms with Crippen molar-refractivity contribution in [3.8, 4) is 34.5 Å². The van der Waals surface area contributed by atoms with Gasteiger partial charge in [0.25, 0.3) is 0 Å². The lowest BCUT2D eigenvalue weighted by Gasteiger charge is -2.35. The summed E-state index contributed by atoms with van der Waals surface area (Å²) in [5.74, 6) is -1.50. The molecule has 0 fully saturated rings. The molecule has 0 saturated heterocycles. The Bertz CT molecular complexity index is 1010. The maximum absolute atomic E-state index is 10.6. The normalized spacial score (nSPS) is 11.5. The Morgan fingerprint density at radius 2 is 0.964 bits per heavy atom. The van der Waals surface area contributed by atoms with Crippen LogP contribution in [0.4, 0.5) is 0 Å². The van der Waals surface area contributed by atoms with Crippen molar-refractivity contribution in [3.05, 3.63) is 70.3 Å². The second-order valence-corrected chi connectivity index (χ2v) is 7.14. The van der Waals surface area contributed by atoms with Gasteiger partial charge in [0.05, 0.1) is 0 Å². The van der Waals surface area contributed by atoms with E-state index in [0.29, 0.717) is 27.8 Å². The predicted molar refractivity (Wildman–Crippen MR) is 104 cm³/mol. The third-order valence-corrected chi connectivity index (χ3v) is 5.24. The summed E-state index contributed by atoms with van der Waals surface area (Å²) in [4.78, 5) is 0. The lowest BCUT2D eigenvalue weighted by atomic mass is 9.68. The summed E-state index contributed by atoms with van der Waals surface area (Å²) in [6, 6.07) is 9.82. The van der Waals surface area contributed by atoms with Crippen LogP contribution in [0.25, 0.3) is 0 Å².